The average molecular weight is 364 g/mol. The van der Waals surface area contributed by atoms with Gasteiger partial charge in [-0.15, -0.1) is 0 Å². The minimum Gasteiger partial charge on any atom is -0.460 e. The third-order valence-electron chi connectivity index (χ3n) is 4.82. The van der Waals surface area contributed by atoms with Gasteiger partial charge in [-0.05, 0) is 37.8 Å². The summed E-state index contributed by atoms with van der Waals surface area (Å²) in [5.74, 6) is -0.215. The number of aromatic nitrogens is 3. The molecule has 3 aromatic rings. The first-order valence-electron chi connectivity index (χ1n) is 9.05. The molecule has 2 aromatic heterocycles. The van der Waals surface area contributed by atoms with Gasteiger partial charge in [0.05, 0.1) is 5.56 Å². The van der Waals surface area contributed by atoms with Crippen LogP contribution in [0.25, 0.3) is 10.9 Å². The number of rotatable bonds is 4. The summed E-state index contributed by atoms with van der Waals surface area (Å²) in [6.45, 7) is 0. The van der Waals surface area contributed by atoms with Crippen molar-refractivity contribution in [1.29, 1.82) is 0 Å². The molecule has 1 saturated carbocycles. The van der Waals surface area contributed by atoms with Crippen LogP contribution in [0.3, 0.4) is 0 Å². The molecule has 1 amide bonds. The summed E-state index contributed by atoms with van der Waals surface area (Å²) in [7, 11) is 0. The zero-order valence-electron chi connectivity index (χ0n) is 14.7. The van der Waals surface area contributed by atoms with E-state index in [0.717, 1.165) is 31.1 Å². The molecule has 1 aliphatic carbocycles. The molecule has 27 heavy (non-hydrogen) atoms. The topological polar surface area (TPSA) is 97.0 Å². The van der Waals surface area contributed by atoms with Gasteiger partial charge in [-0.1, -0.05) is 18.2 Å². The number of carbonyl (C=O) groups is 1. The van der Waals surface area contributed by atoms with Crippen molar-refractivity contribution in [3.05, 3.63) is 64.7 Å². The van der Waals surface area contributed by atoms with Gasteiger partial charge in [-0.25, -0.2) is 9.97 Å². The van der Waals surface area contributed by atoms with Gasteiger partial charge in [0.15, 0.2) is 0 Å². The van der Waals surface area contributed by atoms with Gasteiger partial charge in [-0.2, -0.15) is 0 Å². The number of benzene rings is 1. The van der Waals surface area contributed by atoms with Crippen LogP contribution >= 0.6 is 0 Å². The predicted octanol–water partition coefficient (Wildman–Crippen LogP) is 2.44. The second-order valence-electron chi connectivity index (χ2n) is 6.69. The molecule has 2 N–H and O–H groups in total. The first kappa shape index (κ1) is 17.2. The van der Waals surface area contributed by atoms with Crippen molar-refractivity contribution in [3.8, 4) is 6.01 Å². The van der Waals surface area contributed by atoms with E-state index in [2.05, 4.69) is 20.3 Å². The summed E-state index contributed by atoms with van der Waals surface area (Å²) in [4.78, 5) is 35.5. The monoisotopic (exact) mass is 364 g/mol. The minimum absolute atomic E-state index is 0.0564. The second kappa shape index (κ2) is 7.57. The van der Waals surface area contributed by atoms with E-state index in [1.807, 2.05) is 18.2 Å². The number of nitrogens with one attached hydrogen (secondary N) is 2. The van der Waals surface area contributed by atoms with Gasteiger partial charge >= 0.3 is 6.01 Å². The molecule has 4 rings (SSSR count). The SMILES string of the molecule is O=C(NC1CCC(Oc2ncccn2)CC1)c1cc(=O)[nH]c2ccccc12. The van der Waals surface area contributed by atoms with Crippen LogP contribution < -0.4 is 15.6 Å². The van der Waals surface area contributed by atoms with Crippen LogP contribution in [0.4, 0.5) is 0 Å². The molecule has 0 saturated heterocycles. The number of hydrogen-bond donors (Lipinski definition) is 2. The molecule has 1 fully saturated rings. The largest absolute Gasteiger partial charge is 0.460 e. The van der Waals surface area contributed by atoms with E-state index in [4.69, 9.17) is 4.74 Å². The van der Waals surface area contributed by atoms with Crippen LogP contribution in [0.1, 0.15) is 36.0 Å². The van der Waals surface area contributed by atoms with E-state index in [9.17, 15) is 9.59 Å². The standard InChI is InChI=1S/C20H20N4O3/c25-18-12-16(15-4-1-2-5-17(15)24-18)19(26)23-13-6-8-14(9-7-13)27-20-21-10-3-11-22-20/h1-5,10-14H,6-9H2,(H,23,26)(H,24,25). The third-order valence-corrected chi connectivity index (χ3v) is 4.82. The number of carbonyl (C=O) groups excluding carboxylic acids is 1. The summed E-state index contributed by atoms with van der Waals surface area (Å²) < 4.78 is 5.79. The van der Waals surface area contributed by atoms with Crippen molar-refractivity contribution in [3.63, 3.8) is 0 Å². The van der Waals surface area contributed by atoms with Crippen LogP contribution in [-0.4, -0.2) is 33.0 Å². The molecule has 0 spiro atoms. The lowest BCUT2D eigenvalue weighted by molar-refractivity contribution is 0.0886. The second-order valence-corrected chi connectivity index (χ2v) is 6.69. The number of hydrogen-bond acceptors (Lipinski definition) is 5. The first-order chi connectivity index (χ1) is 13.2. The van der Waals surface area contributed by atoms with Crippen LogP contribution in [0.15, 0.2) is 53.6 Å². The zero-order chi connectivity index (χ0) is 18.6. The molecule has 138 valence electrons. The van der Waals surface area contributed by atoms with Crippen LogP contribution in [0.2, 0.25) is 0 Å². The van der Waals surface area contributed by atoms with Gasteiger partial charge in [0.2, 0.25) is 5.56 Å². The molecule has 1 aromatic carbocycles. The first-order valence-corrected chi connectivity index (χ1v) is 9.05. The van der Waals surface area contributed by atoms with Gasteiger partial charge in [0.1, 0.15) is 6.10 Å². The normalized spacial score (nSPS) is 19.6. The number of para-hydroxylation sites is 1. The lowest BCUT2D eigenvalue weighted by Crippen LogP contribution is -2.40. The maximum Gasteiger partial charge on any atom is 0.316 e. The van der Waals surface area contributed by atoms with Gasteiger partial charge in [0, 0.05) is 35.4 Å². The van der Waals surface area contributed by atoms with Crippen LogP contribution in [-0.2, 0) is 0 Å². The quantitative estimate of drug-likeness (QED) is 0.741. The van der Waals surface area contributed by atoms with Crippen molar-refractivity contribution >= 4 is 16.8 Å². The molecule has 7 heteroatoms. The number of nitrogens with zero attached hydrogens (tertiary/aromatic N) is 2. The van der Waals surface area contributed by atoms with Crippen molar-refractivity contribution in [1.82, 2.24) is 20.3 Å². The summed E-state index contributed by atoms with van der Waals surface area (Å²) in [6, 6.07) is 10.9. The highest BCUT2D eigenvalue weighted by atomic mass is 16.5. The van der Waals surface area contributed by atoms with E-state index < -0.39 is 0 Å². The number of amides is 1. The minimum atomic E-state index is -0.279. The number of aromatic amines is 1. The van der Waals surface area contributed by atoms with E-state index in [-0.39, 0.29) is 23.6 Å². The molecular weight excluding hydrogens is 344 g/mol. The molecule has 0 unspecified atom stereocenters. The molecule has 0 atom stereocenters. The van der Waals surface area contributed by atoms with E-state index >= 15 is 0 Å². The summed E-state index contributed by atoms with van der Waals surface area (Å²) in [6.07, 6.45) is 6.62. The van der Waals surface area contributed by atoms with Gasteiger partial charge < -0.3 is 15.0 Å². The van der Waals surface area contributed by atoms with E-state index in [0.29, 0.717) is 17.1 Å². The Hall–Kier alpha value is -3.22. The van der Waals surface area contributed by atoms with Crippen LogP contribution in [0, 0.1) is 0 Å². The summed E-state index contributed by atoms with van der Waals surface area (Å²) in [5, 5.41) is 3.80. The number of fused-ring (bicyclic) bond motifs is 1. The average Bonchev–Trinajstić information content (AvgIpc) is 2.69. The highest BCUT2D eigenvalue weighted by molar-refractivity contribution is 6.06. The highest BCUT2D eigenvalue weighted by Gasteiger charge is 2.25. The van der Waals surface area contributed by atoms with Crippen molar-refractivity contribution in [2.24, 2.45) is 0 Å². The molecule has 1 aliphatic rings. The maximum atomic E-state index is 12.7. The van der Waals surface area contributed by atoms with Gasteiger partial charge in [-0.3, -0.25) is 9.59 Å². The Morgan fingerprint density at radius 1 is 1.07 bits per heavy atom. The number of pyridine rings is 1. The molecule has 0 aliphatic heterocycles. The fourth-order valence-corrected chi connectivity index (χ4v) is 3.48. The molecular formula is C20H20N4O3. The Morgan fingerprint density at radius 2 is 1.81 bits per heavy atom. The molecule has 0 bridgehead atoms. The van der Waals surface area contributed by atoms with Crippen molar-refractivity contribution < 1.29 is 9.53 Å². The van der Waals surface area contributed by atoms with E-state index in [1.165, 1.54) is 6.07 Å². The summed E-state index contributed by atoms with van der Waals surface area (Å²) >= 11 is 0. The van der Waals surface area contributed by atoms with Crippen molar-refractivity contribution in [2.45, 2.75) is 37.8 Å². The highest BCUT2D eigenvalue weighted by Crippen LogP contribution is 2.23. The van der Waals surface area contributed by atoms with Crippen LogP contribution in [0.5, 0.6) is 6.01 Å². The Morgan fingerprint density at radius 3 is 2.59 bits per heavy atom. The molecule has 7 nitrogen and oxygen atoms in total. The van der Waals surface area contributed by atoms with Gasteiger partial charge in [0.25, 0.3) is 5.91 Å². The zero-order valence-corrected chi connectivity index (χ0v) is 14.7. The predicted molar refractivity (Wildman–Crippen MR) is 101 cm³/mol. The third kappa shape index (κ3) is 3.97. The number of ether oxygens (including phenoxy) is 1. The van der Waals surface area contributed by atoms with E-state index in [1.54, 1.807) is 24.5 Å². The Bertz CT molecular complexity index is 995. The smallest absolute Gasteiger partial charge is 0.316 e. The Balaban J connectivity index is 1.39. The molecule has 0 radical (unpaired) electrons. The lowest BCUT2D eigenvalue weighted by Gasteiger charge is -2.28. The fourth-order valence-electron chi connectivity index (χ4n) is 3.48. The number of H-pyrrole nitrogens is 1. The Kier molecular flexibility index (Phi) is 4.82. The van der Waals surface area contributed by atoms with Crippen molar-refractivity contribution in [2.75, 3.05) is 0 Å². The summed E-state index contributed by atoms with van der Waals surface area (Å²) in [5.41, 5.74) is 0.791. The maximum absolute atomic E-state index is 12.7. The Labute approximate surface area is 155 Å². The lowest BCUT2D eigenvalue weighted by atomic mass is 9.92. The molecule has 2 heterocycles. The fraction of sp³-hybridized carbons (Fsp3) is 0.300.